The van der Waals surface area contributed by atoms with E-state index >= 15 is 8.78 Å². The molecular weight excluding hydrogens is 794 g/mol. The van der Waals surface area contributed by atoms with Crippen LogP contribution in [-0.2, 0) is 22.3 Å². The molecule has 1 fully saturated rings. The third-order valence-corrected chi connectivity index (χ3v) is 9.66. The van der Waals surface area contributed by atoms with Crippen molar-refractivity contribution in [3.63, 3.8) is 0 Å². The lowest BCUT2D eigenvalue weighted by molar-refractivity contribution is -0.143. The first-order valence-corrected chi connectivity index (χ1v) is 17.7. The molecule has 4 rings (SSSR count). The maximum atomic E-state index is 15.2. The van der Waals surface area contributed by atoms with Crippen molar-refractivity contribution in [2.45, 2.75) is 75.0 Å². The Bertz CT molecular complexity index is 1960. The summed E-state index contributed by atoms with van der Waals surface area (Å²) in [6.07, 6.45) is -11.7. The van der Waals surface area contributed by atoms with E-state index < -0.39 is 142 Å². The molecule has 1 aliphatic heterocycles. The Kier molecular flexibility index (Phi) is 14.7. The second-order valence-corrected chi connectivity index (χ2v) is 13.4. The minimum absolute atomic E-state index is 0.222. The average Bonchev–Trinajstić information content (AvgIpc) is 3.66. The number of aliphatic hydroxyl groups is 4. The van der Waals surface area contributed by atoms with Crippen LogP contribution in [0.15, 0.2) is 59.5 Å². The van der Waals surface area contributed by atoms with Crippen molar-refractivity contribution in [2.24, 2.45) is 0 Å². The van der Waals surface area contributed by atoms with Crippen molar-refractivity contribution in [2.75, 3.05) is 26.7 Å². The number of rotatable bonds is 17. The van der Waals surface area contributed by atoms with Gasteiger partial charge in [-0.2, -0.15) is 30.7 Å². The van der Waals surface area contributed by atoms with Crippen LogP contribution >= 0.6 is 0 Å². The number of hydrogen-bond acceptors (Lipinski definition) is 11. The van der Waals surface area contributed by atoms with E-state index in [1.807, 2.05) is 0 Å². The Hall–Kier alpha value is -5.09. The molecule has 1 heterocycles. The number of hydrogen-bond donors (Lipinski definition) is 10. The molecule has 0 bridgehead atoms. The summed E-state index contributed by atoms with van der Waals surface area (Å²) in [7, 11) is 1.44. The fraction of sp³-hybridized carbons (Fsp3) is 0.432. The van der Waals surface area contributed by atoms with E-state index in [1.54, 1.807) is 0 Å². The lowest BCUT2D eigenvalue weighted by Crippen LogP contribution is -2.46. The quantitative estimate of drug-likeness (QED) is 0.0275. The summed E-state index contributed by atoms with van der Waals surface area (Å²) < 4.78 is 118. The molecule has 0 saturated heterocycles. The molecule has 2 aromatic rings. The first-order valence-electron chi connectivity index (χ1n) is 17.7. The molecule has 1 saturated carbocycles. The Balaban J connectivity index is 1.64. The summed E-state index contributed by atoms with van der Waals surface area (Å²) in [5.74, 6) is -7.11. The van der Waals surface area contributed by atoms with Gasteiger partial charge in [-0.3, -0.25) is 9.59 Å². The maximum Gasteiger partial charge on any atom is 0.430 e. The van der Waals surface area contributed by atoms with Crippen LogP contribution in [-0.4, -0.2) is 100 Å². The Labute approximate surface area is 325 Å². The number of aliphatic hydroxyl groups excluding tert-OH is 3. The number of amides is 1. The van der Waals surface area contributed by atoms with Crippen molar-refractivity contribution < 1.29 is 75.0 Å². The molecule has 21 heteroatoms. The maximum absolute atomic E-state index is 15.2. The van der Waals surface area contributed by atoms with Crippen molar-refractivity contribution in [1.29, 1.82) is 5.41 Å². The highest BCUT2D eigenvalue weighted by molar-refractivity contribution is 6.12. The number of carboxylic acid groups (broad SMARTS) is 1. The predicted octanol–water partition coefficient (Wildman–Crippen LogP) is 3.93. The van der Waals surface area contributed by atoms with Crippen molar-refractivity contribution in [1.82, 2.24) is 21.3 Å². The first kappa shape index (κ1) is 45.6. The molecule has 1 amide bonds. The number of carboxylic acids is 1. The zero-order valence-electron chi connectivity index (χ0n) is 30.6. The predicted molar refractivity (Wildman–Crippen MR) is 190 cm³/mol. The summed E-state index contributed by atoms with van der Waals surface area (Å²) in [6.45, 7) is -1.87. The zero-order valence-corrected chi connectivity index (χ0v) is 30.6. The van der Waals surface area contributed by atoms with Crippen molar-refractivity contribution >= 4 is 23.2 Å². The Morgan fingerprint density at radius 2 is 1.66 bits per heavy atom. The molecular formula is C37H41F8N5O8. The fourth-order valence-corrected chi connectivity index (χ4v) is 6.56. The van der Waals surface area contributed by atoms with Crippen LogP contribution in [0.5, 0.6) is 5.75 Å². The van der Waals surface area contributed by atoms with Gasteiger partial charge in [-0.1, -0.05) is 31.1 Å². The summed E-state index contributed by atoms with van der Waals surface area (Å²) in [5.41, 5.74) is -7.72. The number of alkyl halides is 6. The van der Waals surface area contributed by atoms with Crippen LogP contribution in [0.4, 0.5) is 35.1 Å². The van der Waals surface area contributed by atoms with Gasteiger partial charge in [-0.05, 0) is 55.3 Å². The number of benzene rings is 2. The van der Waals surface area contributed by atoms with Crippen LogP contribution < -0.4 is 26.0 Å². The number of likely N-dealkylation sites (N-methyl/N-ethyl adjacent to an activating group) is 1. The van der Waals surface area contributed by atoms with Gasteiger partial charge < -0.3 is 56.9 Å². The summed E-state index contributed by atoms with van der Waals surface area (Å²) in [4.78, 5) is 25.1. The van der Waals surface area contributed by atoms with Gasteiger partial charge in [0.05, 0.1) is 22.4 Å². The van der Waals surface area contributed by atoms with Crippen LogP contribution in [0.25, 0.3) is 5.57 Å². The topological polar surface area (TPSA) is 216 Å². The van der Waals surface area contributed by atoms with E-state index in [2.05, 4.69) is 21.3 Å². The molecule has 58 heavy (non-hydrogen) atoms. The number of dihydropyridines is 1. The highest BCUT2D eigenvalue weighted by Crippen LogP contribution is 2.39. The van der Waals surface area contributed by atoms with Crippen molar-refractivity contribution in [3.05, 3.63) is 93.4 Å². The van der Waals surface area contributed by atoms with Gasteiger partial charge >= 0.3 is 18.3 Å². The van der Waals surface area contributed by atoms with E-state index in [1.165, 1.54) is 7.05 Å². The molecule has 318 valence electrons. The molecule has 0 aromatic heterocycles. The highest BCUT2D eigenvalue weighted by atomic mass is 19.4. The summed E-state index contributed by atoms with van der Waals surface area (Å²) in [5, 5.41) is 68.9. The normalized spacial score (nSPS) is 17.1. The SMILES string of the molecule is CNC1(/C(O)=C(\C(=O)NCc2ccc(OCCN[C@@H](CC(O)O)C(=O)O)c(F)c2F)C(O)C(=N)c2ccc(C(F)(F)F)cc2C2=CCNC(C(F)(F)F)=C2)CCCC1. The minimum atomic E-state index is -4.98. The molecule has 13 nitrogen and oxygen atoms in total. The van der Waals surface area contributed by atoms with Gasteiger partial charge in [-0.25, -0.2) is 4.39 Å². The molecule has 2 aromatic carbocycles. The monoisotopic (exact) mass is 835 g/mol. The number of allylic oxidation sites excluding steroid dienone is 3. The average molecular weight is 836 g/mol. The number of ether oxygens (including phenoxy) is 1. The van der Waals surface area contributed by atoms with E-state index in [4.69, 9.17) is 25.5 Å². The molecule has 1 unspecified atom stereocenters. The smallest absolute Gasteiger partial charge is 0.430 e. The number of nitrogens with one attached hydrogen (secondary N) is 5. The van der Waals surface area contributed by atoms with Crippen LogP contribution in [0.2, 0.25) is 0 Å². The number of carbonyl (C=O) groups is 2. The second kappa shape index (κ2) is 18.7. The van der Waals surface area contributed by atoms with E-state index in [0.29, 0.717) is 31.1 Å². The fourth-order valence-electron chi connectivity index (χ4n) is 6.56. The summed E-state index contributed by atoms with van der Waals surface area (Å²) in [6, 6.07) is 2.37. The van der Waals surface area contributed by atoms with E-state index in [0.717, 1.165) is 24.3 Å². The molecule has 2 aliphatic rings. The Morgan fingerprint density at radius 1 is 0.983 bits per heavy atom. The van der Waals surface area contributed by atoms with Crippen LogP contribution in [0.1, 0.15) is 54.4 Å². The molecule has 2 atom stereocenters. The molecule has 1 aliphatic carbocycles. The van der Waals surface area contributed by atoms with Crippen molar-refractivity contribution in [3.8, 4) is 5.75 Å². The zero-order chi connectivity index (χ0) is 43.2. The third-order valence-electron chi connectivity index (χ3n) is 9.66. The lowest BCUT2D eigenvalue weighted by atomic mass is 9.85. The number of halogens is 8. The van der Waals surface area contributed by atoms with E-state index in [-0.39, 0.29) is 19.4 Å². The van der Waals surface area contributed by atoms with Crippen LogP contribution in [0.3, 0.4) is 0 Å². The van der Waals surface area contributed by atoms with Gasteiger partial charge in [0.15, 0.2) is 17.9 Å². The molecule has 0 spiro atoms. The number of aliphatic carboxylic acids is 1. The Morgan fingerprint density at radius 3 is 2.24 bits per heavy atom. The van der Waals surface area contributed by atoms with Gasteiger partial charge in [0, 0.05) is 37.2 Å². The van der Waals surface area contributed by atoms with Gasteiger partial charge in [0.25, 0.3) is 5.91 Å². The van der Waals surface area contributed by atoms with Crippen LogP contribution in [0, 0.1) is 17.0 Å². The van der Waals surface area contributed by atoms with E-state index in [9.17, 15) is 46.1 Å². The first-order chi connectivity index (χ1) is 27.1. The lowest BCUT2D eigenvalue weighted by Gasteiger charge is -2.31. The number of carbonyl (C=O) groups excluding carboxylic acids is 1. The summed E-state index contributed by atoms with van der Waals surface area (Å²) >= 11 is 0. The standard InChI is InChI=1S/C37H41F8N5O8/c1-47-35(9-2-3-10-35)32(54)27(33(55)50-17-19-4-7-24(29(39)28(19)38)58-13-12-48-23(34(56)57)16-26(51)52)31(53)30(46)21-6-5-20(36(40,41)42)15-22(21)18-8-11-49-25(14-18)37(43,44)45/h4-8,14-15,23,26,31,46-49,51-54H,2-3,9-13,16-17H2,1H3,(H,50,55)(H,56,57)/b32-27+,46-30?/t23-,31?/m0/s1. The van der Waals surface area contributed by atoms with Gasteiger partial charge in [0.2, 0.25) is 5.82 Å². The third kappa shape index (κ3) is 10.7. The van der Waals surface area contributed by atoms with Gasteiger partial charge in [0.1, 0.15) is 30.2 Å². The van der Waals surface area contributed by atoms with Gasteiger partial charge in [-0.15, -0.1) is 0 Å². The minimum Gasteiger partial charge on any atom is -0.510 e. The highest BCUT2D eigenvalue weighted by Gasteiger charge is 2.43. The molecule has 0 radical (unpaired) electrons. The largest absolute Gasteiger partial charge is 0.510 e. The molecule has 10 N–H and O–H groups in total. The second-order valence-electron chi connectivity index (χ2n) is 13.4.